The van der Waals surface area contributed by atoms with E-state index in [4.69, 9.17) is 11.6 Å². The molecule has 1 aliphatic heterocycles. The van der Waals surface area contributed by atoms with Gasteiger partial charge in [-0.1, -0.05) is 40.6 Å². The van der Waals surface area contributed by atoms with E-state index in [2.05, 4.69) is 4.99 Å². The van der Waals surface area contributed by atoms with Gasteiger partial charge < -0.3 is 4.57 Å². The lowest BCUT2D eigenvalue weighted by Crippen LogP contribution is -2.42. The van der Waals surface area contributed by atoms with E-state index in [-0.39, 0.29) is 17.3 Å². The van der Waals surface area contributed by atoms with Crippen LogP contribution in [0.15, 0.2) is 46.3 Å². The number of hydrogen-bond donors (Lipinski definition) is 0. The highest BCUT2D eigenvalue weighted by Crippen LogP contribution is 2.27. The molecule has 1 amide bonds. The summed E-state index contributed by atoms with van der Waals surface area (Å²) in [5.74, 6) is -0.737. The molecule has 164 valence electrons. The maximum absolute atomic E-state index is 13.0. The van der Waals surface area contributed by atoms with E-state index in [1.807, 2.05) is 37.6 Å². The molecule has 9 heteroatoms. The maximum atomic E-state index is 13.0. The first-order valence-corrected chi connectivity index (χ1v) is 12.7. The third-order valence-electron chi connectivity index (χ3n) is 5.65. The van der Waals surface area contributed by atoms with Crippen molar-refractivity contribution < 1.29 is 13.2 Å². The van der Waals surface area contributed by atoms with E-state index in [0.717, 1.165) is 21.3 Å². The highest BCUT2D eigenvalue weighted by Gasteiger charge is 2.33. The number of fused-ring (bicyclic) bond motifs is 1. The first kappa shape index (κ1) is 22.2. The van der Waals surface area contributed by atoms with Crippen molar-refractivity contribution in [2.24, 2.45) is 18.0 Å². The average molecular weight is 478 g/mol. The van der Waals surface area contributed by atoms with Crippen LogP contribution in [0.2, 0.25) is 5.02 Å². The number of aromatic nitrogens is 1. The molecule has 2 heterocycles. The first-order valence-electron chi connectivity index (χ1n) is 10.1. The van der Waals surface area contributed by atoms with Crippen LogP contribution in [0.1, 0.15) is 24.0 Å². The van der Waals surface area contributed by atoms with Crippen molar-refractivity contribution in [1.82, 2.24) is 8.87 Å². The summed E-state index contributed by atoms with van der Waals surface area (Å²) < 4.78 is 30.3. The number of sulfonamides is 1. The van der Waals surface area contributed by atoms with E-state index in [1.54, 1.807) is 24.3 Å². The van der Waals surface area contributed by atoms with Crippen molar-refractivity contribution in [3.63, 3.8) is 0 Å². The smallest absolute Gasteiger partial charge is 0.252 e. The minimum absolute atomic E-state index is 0.151. The molecular formula is C22H24ClN3O3S2. The number of aryl methyl sites for hydroxylation is 3. The van der Waals surface area contributed by atoms with Crippen LogP contribution in [0, 0.1) is 19.8 Å². The Balaban J connectivity index is 1.61. The zero-order valence-corrected chi connectivity index (χ0v) is 20.0. The van der Waals surface area contributed by atoms with Crippen LogP contribution in [0.3, 0.4) is 0 Å². The molecule has 0 saturated carbocycles. The number of carbonyl (C=O) groups is 1. The molecule has 0 N–H and O–H groups in total. The highest BCUT2D eigenvalue weighted by atomic mass is 35.5. The molecule has 1 saturated heterocycles. The average Bonchev–Trinajstić information content (AvgIpc) is 3.03. The van der Waals surface area contributed by atoms with Gasteiger partial charge in [0.05, 0.1) is 21.0 Å². The number of carbonyl (C=O) groups excluding carboxylic acids is 1. The molecule has 6 nitrogen and oxygen atoms in total. The van der Waals surface area contributed by atoms with Gasteiger partial charge in [0, 0.05) is 25.2 Å². The van der Waals surface area contributed by atoms with Crippen molar-refractivity contribution in [3.05, 3.63) is 57.3 Å². The number of amides is 1. The number of piperidine rings is 1. The first-order chi connectivity index (χ1) is 14.7. The molecule has 4 rings (SSSR count). The second-order valence-corrected chi connectivity index (χ2v) is 11.4. The van der Waals surface area contributed by atoms with Crippen LogP contribution >= 0.6 is 22.9 Å². The zero-order chi connectivity index (χ0) is 22.3. The molecule has 1 unspecified atom stereocenters. The van der Waals surface area contributed by atoms with E-state index in [0.29, 0.717) is 29.2 Å². The lowest BCUT2D eigenvalue weighted by Gasteiger charge is -2.30. The van der Waals surface area contributed by atoms with Crippen LogP contribution < -0.4 is 4.80 Å². The molecule has 31 heavy (non-hydrogen) atoms. The predicted octanol–water partition coefficient (Wildman–Crippen LogP) is 4.04. The Hall–Kier alpha value is -2.00. The molecular weight excluding hydrogens is 454 g/mol. The van der Waals surface area contributed by atoms with Gasteiger partial charge in [0.2, 0.25) is 10.0 Å². The minimum Gasteiger partial charge on any atom is -0.319 e. The van der Waals surface area contributed by atoms with E-state index < -0.39 is 15.9 Å². The number of benzene rings is 2. The Labute approximate surface area is 190 Å². The van der Waals surface area contributed by atoms with Gasteiger partial charge in [0.25, 0.3) is 5.91 Å². The molecule has 3 aromatic rings. The van der Waals surface area contributed by atoms with Crippen LogP contribution in [0.5, 0.6) is 0 Å². The minimum atomic E-state index is -3.63. The van der Waals surface area contributed by atoms with Crippen molar-refractivity contribution in [2.75, 3.05) is 13.1 Å². The lowest BCUT2D eigenvalue weighted by molar-refractivity contribution is -0.122. The Kier molecular flexibility index (Phi) is 6.09. The summed E-state index contributed by atoms with van der Waals surface area (Å²) in [5, 5.41) is 0.647. The van der Waals surface area contributed by atoms with E-state index >= 15 is 0 Å². The second-order valence-electron chi connectivity index (χ2n) is 7.98. The maximum Gasteiger partial charge on any atom is 0.252 e. The predicted molar refractivity (Wildman–Crippen MR) is 124 cm³/mol. The van der Waals surface area contributed by atoms with Gasteiger partial charge in [-0.3, -0.25) is 4.79 Å². The van der Waals surface area contributed by atoms with E-state index in [9.17, 15) is 13.2 Å². The Morgan fingerprint density at radius 3 is 2.61 bits per heavy atom. The van der Waals surface area contributed by atoms with Crippen molar-refractivity contribution >= 4 is 49.1 Å². The summed E-state index contributed by atoms with van der Waals surface area (Å²) in [6, 6.07) is 10.6. The molecule has 1 fully saturated rings. The summed E-state index contributed by atoms with van der Waals surface area (Å²) in [5.41, 5.74) is 3.01. The van der Waals surface area contributed by atoms with Crippen LogP contribution in [0.25, 0.3) is 10.2 Å². The fourth-order valence-corrected chi connectivity index (χ4v) is 6.98. The van der Waals surface area contributed by atoms with Gasteiger partial charge in [-0.15, -0.1) is 0 Å². The number of rotatable bonds is 3. The molecule has 1 atom stereocenters. The van der Waals surface area contributed by atoms with Crippen LogP contribution in [-0.2, 0) is 21.9 Å². The monoisotopic (exact) mass is 477 g/mol. The molecule has 0 bridgehead atoms. The normalized spacial score (nSPS) is 18.6. The molecule has 1 aromatic heterocycles. The number of nitrogens with zero attached hydrogens (tertiary/aromatic N) is 3. The number of halogens is 1. The molecule has 2 aromatic carbocycles. The van der Waals surface area contributed by atoms with Crippen molar-refractivity contribution in [2.45, 2.75) is 31.6 Å². The zero-order valence-electron chi connectivity index (χ0n) is 17.6. The summed E-state index contributed by atoms with van der Waals surface area (Å²) in [6.45, 7) is 4.45. The van der Waals surface area contributed by atoms with Gasteiger partial charge in [0.1, 0.15) is 0 Å². The number of thiazole rings is 1. The highest BCUT2D eigenvalue weighted by molar-refractivity contribution is 7.89. The standard InChI is InChI=1S/C22H24ClN3O3S2/c1-14-6-8-18(9-7-14)31(28,29)26-10-4-5-16(13-26)21(27)24-22-25(3)20-15(2)11-17(23)12-19(20)30-22/h6-9,11-12,16H,4-5,10,13H2,1-3H3. The SMILES string of the molecule is Cc1ccc(S(=O)(=O)N2CCCC(C(=O)N=c3sc4cc(Cl)cc(C)c4n3C)C2)cc1. The quantitative estimate of drug-likeness (QED) is 0.571. The molecule has 0 radical (unpaired) electrons. The van der Waals surface area contributed by atoms with E-state index in [1.165, 1.54) is 15.6 Å². The Bertz CT molecular complexity index is 1320. The third-order valence-corrected chi connectivity index (χ3v) is 8.83. The fraction of sp³-hybridized carbons (Fsp3) is 0.364. The fourth-order valence-electron chi connectivity index (χ4n) is 3.98. The van der Waals surface area contributed by atoms with Gasteiger partial charge >= 0.3 is 0 Å². The van der Waals surface area contributed by atoms with Crippen LogP contribution in [-0.4, -0.2) is 36.3 Å². The Morgan fingerprint density at radius 2 is 1.90 bits per heavy atom. The lowest BCUT2D eigenvalue weighted by atomic mass is 9.99. The summed E-state index contributed by atoms with van der Waals surface area (Å²) in [6.07, 6.45) is 1.26. The van der Waals surface area contributed by atoms with Gasteiger partial charge in [-0.2, -0.15) is 9.30 Å². The summed E-state index contributed by atoms with van der Waals surface area (Å²) in [7, 11) is -1.76. The Morgan fingerprint density at radius 1 is 1.19 bits per heavy atom. The molecule has 1 aliphatic rings. The van der Waals surface area contributed by atoms with Gasteiger partial charge in [0.15, 0.2) is 4.80 Å². The van der Waals surface area contributed by atoms with Crippen molar-refractivity contribution in [1.29, 1.82) is 0 Å². The number of hydrogen-bond acceptors (Lipinski definition) is 4. The van der Waals surface area contributed by atoms with Gasteiger partial charge in [-0.05, 0) is 56.5 Å². The molecule has 0 aliphatic carbocycles. The van der Waals surface area contributed by atoms with Crippen LogP contribution in [0.4, 0.5) is 0 Å². The topological polar surface area (TPSA) is 71.7 Å². The summed E-state index contributed by atoms with van der Waals surface area (Å²) >= 11 is 7.58. The third kappa shape index (κ3) is 4.35. The van der Waals surface area contributed by atoms with Crippen molar-refractivity contribution in [3.8, 4) is 0 Å². The summed E-state index contributed by atoms with van der Waals surface area (Å²) in [4.78, 5) is 18.2. The second kappa shape index (κ2) is 8.50. The molecule has 0 spiro atoms. The van der Waals surface area contributed by atoms with Gasteiger partial charge in [-0.25, -0.2) is 8.42 Å². The largest absolute Gasteiger partial charge is 0.319 e.